The summed E-state index contributed by atoms with van der Waals surface area (Å²) in [7, 11) is -1.78. The third-order valence-electron chi connectivity index (χ3n) is 3.30. The summed E-state index contributed by atoms with van der Waals surface area (Å²) in [5.41, 5.74) is 1.16. The van der Waals surface area contributed by atoms with Crippen LogP contribution in [0.4, 0.5) is 0 Å². The predicted octanol–water partition coefficient (Wildman–Crippen LogP) is 2.42. The average Bonchev–Trinajstić information content (AvgIpc) is 2.44. The molecule has 0 saturated carbocycles. The van der Waals surface area contributed by atoms with Crippen molar-refractivity contribution < 1.29 is 13.5 Å². The summed E-state index contributed by atoms with van der Waals surface area (Å²) in [5, 5.41) is 8.71. The molecule has 1 N–H and O–H groups in total. The van der Waals surface area contributed by atoms with Crippen molar-refractivity contribution in [3.05, 3.63) is 29.8 Å². The van der Waals surface area contributed by atoms with E-state index in [1.807, 2.05) is 12.1 Å². The minimum absolute atomic E-state index is 0.162. The number of aliphatic hydroxyl groups excluding tert-OH is 1. The second-order valence-electron chi connectivity index (χ2n) is 5.00. The van der Waals surface area contributed by atoms with E-state index in [0.29, 0.717) is 11.4 Å². The lowest BCUT2D eigenvalue weighted by Gasteiger charge is -2.17. The van der Waals surface area contributed by atoms with E-state index in [9.17, 15) is 8.42 Å². The second kappa shape index (κ2) is 8.39. The fourth-order valence-electron chi connectivity index (χ4n) is 2.04. The van der Waals surface area contributed by atoms with Crippen molar-refractivity contribution in [2.45, 2.75) is 43.9 Å². The monoisotopic (exact) mass is 299 g/mol. The molecule has 0 atom stereocenters. The predicted molar refractivity (Wildman–Crippen MR) is 81.2 cm³/mol. The average molecular weight is 299 g/mol. The molecule has 0 heterocycles. The fraction of sp³-hybridized carbons (Fsp3) is 0.600. The SMILES string of the molecule is CCCc1ccc(S(=O)(=O)N(C)CCCCCO)cc1. The van der Waals surface area contributed by atoms with Gasteiger partial charge in [-0.15, -0.1) is 0 Å². The molecule has 0 saturated heterocycles. The molecule has 0 aliphatic carbocycles. The molecule has 1 aromatic rings. The molecule has 0 fully saturated rings. The molecule has 0 spiro atoms. The highest BCUT2D eigenvalue weighted by Gasteiger charge is 2.19. The summed E-state index contributed by atoms with van der Waals surface area (Å²) in [5.74, 6) is 0. The Morgan fingerprint density at radius 1 is 1.10 bits per heavy atom. The third kappa shape index (κ3) is 4.89. The lowest BCUT2D eigenvalue weighted by molar-refractivity contribution is 0.281. The summed E-state index contributed by atoms with van der Waals surface area (Å²) in [4.78, 5) is 0.349. The molecular weight excluding hydrogens is 274 g/mol. The minimum Gasteiger partial charge on any atom is -0.396 e. The highest BCUT2D eigenvalue weighted by Crippen LogP contribution is 2.16. The molecule has 1 aromatic carbocycles. The Morgan fingerprint density at radius 3 is 2.30 bits per heavy atom. The summed E-state index contributed by atoms with van der Waals surface area (Å²) in [6.07, 6.45) is 4.35. The van der Waals surface area contributed by atoms with Gasteiger partial charge >= 0.3 is 0 Å². The van der Waals surface area contributed by atoms with Crippen molar-refractivity contribution in [3.63, 3.8) is 0 Å². The van der Waals surface area contributed by atoms with Gasteiger partial charge < -0.3 is 5.11 Å². The van der Waals surface area contributed by atoms with Crippen LogP contribution in [0.1, 0.15) is 38.2 Å². The van der Waals surface area contributed by atoms with Crippen LogP contribution >= 0.6 is 0 Å². The van der Waals surface area contributed by atoms with Gasteiger partial charge in [0.05, 0.1) is 4.90 Å². The van der Waals surface area contributed by atoms with E-state index in [1.165, 1.54) is 4.31 Å². The lowest BCUT2D eigenvalue weighted by atomic mass is 10.1. The molecule has 114 valence electrons. The second-order valence-corrected chi connectivity index (χ2v) is 7.05. The van der Waals surface area contributed by atoms with E-state index in [1.54, 1.807) is 19.2 Å². The standard InChI is InChI=1S/C15H25NO3S/c1-3-7-14-8-10-15(11-9-14)20(18,19)16(2)12-5-4-6-13-17/h8-11,17H,3-7,12-13H2,1-2H3. The van der Waals surface area contributed by atoms with Crippen molar-refractivity contribution in [2.75, 3.05) is 20.2 Å². The maximum Gasteiger partial charge on any atom is 0.242 e. The molecule has 20 heavy (non-hydrogen) atoms. The maximum atomic E-state index is 12.3. The van der Waals surface area contributed by atoms with Gasteiger partial charge in [-0.2, -0.15) is 0 Å². The van der Waals surface area contributed by atoms with Crippen LogP contribution in [0.25, 0.3) is 0 Å². The number of unbranched alkanes of at least 4 members (excludes halogenated alkanes) is 2. The molecule has 0 bridgehead atoms. The number of aryl methyl sites for hydroxylation is 1. The Morgan fingerprint density at radius 2 is 1.75 bits per heavy atom. The number of benzene rings is 1. The molecule has 0 aliphatic heterocycles. The van der Waals surface area contributed by atoms with Crippen LogP contribution in [0.3, 0.4) is 0 Å². The Bertz CT molecular complexity index is 482. The Hall–Kier alpha value is -0.910. The summed E-state index contributed by atoms with van der Waals surface area (Å²) >= 11 is 0. The van der Waals surface area contributed by atoms with Crippen LogP contribution < -0.4 is 0 Å². The number of nitrogens with zero attached hydrogens (tertiary/aromatic N) is 1. The maximum absolute atomic E-state index is 12.3. The van der Waals surface area contributed by atoms with Gasteiger partial charge in [0.25, 0.3) is 0 Å². The molecule has 0 aliphatic rings. The van der Waals surface area contributed by atoms with E-state index < -0.39 is 10.0 Å². The van der Waals surface area contributed by atoms with Gasteiger partial charge in [-0.1, -0.05) is 25.5 Å². The first-order valence-corrected chi connectivity index (χ1v) is 8.62. The Labute approximate surface area is 122 Å². The van der Waals surface area contributed by atoms with Crippen LogP contribution in [0.5, 0.6) is 0 Å². The molecular formula is C15H25NO3S. The molecule has 0 amide bonds. The van der Waals surface area contributed by atoms with E-state index in [4.69, 9.17) is 5.11 Å². The zero-order valence-corrected chi connectivity index (χ0v) is 13.2. The number of hydrogen-bond acceptors (Lipinski definition) is 3. The van der Waals surface area contributed by atoms with Crippen molar-refractivity contribution in [3.8, 4) is 0 Å². The van der Waals surface area contributed by atoms with E-state index >= 15 is 0 Å². The van der Waals surface area contributed by atoms with Crippen molar-refractivity contribution in [1.82, 2.24) is 4.31 Å². The summed E-state index contributed by atoms with van der Waals surface area (Å²) in [6, 6.07) is 7.14. The van der Waals surface area contributed by atoms with E-state index in [2.05, 4.69) is 6.92 Å². The normalized spacial score (nSPS) is 12.0. The van der Waals surface area contributed by atoms with Crippen molar-refractivity contribution in [1.29, 1.82) is 0 Å². The summed E-state index contributed by atoms with van der Waals surface area (Å²) in [6.45, 7) is 2.75. The highest BCUT2D eigenvalue weighted by molar-refractivity contribution is 7.89. The van der Waals surface area contributed by atoms with Crippen molar-refractivity contribution >= 4 is 10.0 Å². The number of sulfonamides is 1. The molecule has 0 aromatic heterocycles. The van der Waals surface area contributed by atoms with E-state index in [0.717, 1.165) is 37.7 Å². The molecule has 5 heteroatoms. The molecule has 4 nitrogen and oxygen atoms in total. The molecule has 0 radical (unpaired) electrons. The van der Waals surface area contributed by atoms with Crippen LogP contribution in [0, 0.1) is 0 Å². The van der Waals surface area contributed by atoms with Gasteiger partial charge in [-0.3, -0.25) is 0 Å². The third-order valence-corrected chi connectivity index (χ3v) is 5.17. The molecule has 0 unspecified atom stereocenters. The minimum atomic E-state index is -3.39. The van der Waals surface area contributed by atoms with Gasteiger partial charge in [0, 0.05) is 20.2 Å². The summed E-state index contributed by atoms with van der Waals surface area (Å²) < 4.78 is 26.1. The fourth-order valence-corrected chi connectivity index (χ4v) is 3.25. The van der Waals surface area contributed by atoms with Crippen LogP contribution in [-0.2, 0) is 16.4 Å². The quantitative estimate of drug-likeness (QED) is 0.712. The first-order valence-electron chi connectivity index (χ1n) is 7.18. The van der Waals surface area contributed by atoms with Crippen molar-refractivity contribution in [2.24, 2.45) is 0 Å². The zero-order chi connectivity index (χ0) is 15.0. The number of hydrogen-bond donors (Lipinski definition) is 1. The van der Waals surface area contributed by atoms with E-state index in [-0.39, 0.29) is 6.61 Å². The van der Waals surface area contributed by atoms with Crippen LogP contribution in [0.15, 0.2) is 29.2 Å². The first-order chi connectivity index (χ1) is 9.52. The first kappa shape index (κ1) is 17.1. The highest BCUT2D eigenvalue weighted by atomic mass is 32.2. The van der Waals surface area contributed by atoms with Crippen LogP contribution in [0.2, 0.25) is 0 Å². The number of rotatable bonds is 9. The Kier molecular flexibility index (Phi) is 7.19. The van der Waals surface area contributed by atoms with Gasteiger partial charge in [-0.05, 0) is 43.4 Å². The van der Waals surface area contributed by atoms with Gasteiger partial charge in [0.1, 0.15) is 0 Å². The smallest absolute Gasteiger partial charge is 0.242 e. The van der Waals surface area contributed by atoms with Gasteiger partial charge in [-0.25, -0.2) is 12.7 Å². The van der Waals surface area contributed by atoms with Gasteiger partial charge in [0.15, 0.2) is 0 Å². The largest absolute Gasteiger partial charge is 0.396 e. The lowest BCUT2D eigenvalue weighted by Crippen LogP contribution is -2.28. The number of aliphatic hydroxyl groups is 1. The topological polar surface area (TPSA) is 57.6 Å². The van der Waals surface area contributed by atoms with Crippen LogP contribution in [-0.4, -0.2) is 38.0 Å². The van der Waals surface area contributed by atoms with Gasteiger partial charge in [0.2, 0.25) is 10.0 Å². The molecule has 1 rings (SSSR count). The zero-order valence-electron chi connectivity index (χ0n) is 12.4. The Balaban J connectivity index is 2.66.